The number of benzene rings is 2. The number of thioether (sulfide) groups is 1. The van der Waals surface area contributed by atoms with Gasteiger partial charge in [-0.2, -0.15) is 0 Å². The zero-order valence-electron chi connectivity index (χ0n) is 16.5. The Hall–Kier alpha value is -2.32. The molecule has 29 heavy (non-hydrogen) atoms. The van der Waals surface area contributed by atoms with Crippen molar-refractivity contribution in [1.29, 1.82) is 0 Å². The smallest absolute Gasteiger partial charge is 0.234 e. The molecule has 3 amide bonds. The highest BCUT2D eigenvalue weighted by Gasteiger charge is 2.21. The SMILES string of the molecule is CC(C)(C)C(=O)Nc1cccc(NC(=O)CSCC(=O)Nc2cccc(Br)c2)c1. The maximum Gasteiger partial charge on any atom is 0.234 e. The number of anilines is 3. The van der Waals surface area contributed by atoms with Gasteiger partial charge in [0, 0.05) is 26.9 Å². The molecule has 2 rings (SSSR count). The van der Waals surface area contributed by atoms with Crippen LogP contribution in [0.15, 0.2) is 53.0 Å². The summed E-state index contributed by atoms with van der Waals surface area (Å²) < 4.78 is 0.878. The van der Waals surface area contributed by atoms with Crippen molar-refractivity contribution < 1.29 is 14.4 Å². The molecule has 0 fully saturated rings. The highest BCUT2D eigenvalue weighted by atomic mass is 79.9. The molecule has 0 spiro atoms. The first-order valence-corrected chi connectivity index (χ1v) is 10.9. The van der Waals surface area contributed by atoms with Crippen LogP contribution in [0.4, 0.5) is 17.1 Å². The molecule has 0 aliphatic heterocycles. The third-order valence-electron chi connectivity index (χ3n) is 3.66. The first-order chi connectivity index (χ1) is 13.6. The zero-order valence-corrected chi connectivity index (χ0v) is 18.9. The number of carbonyl (C=O) groups excluding carboxylic acids is 3. The van der Waals surface area contributed by atoms with E-state index in [1.165, 1.54) is 11.8 Å². The maximum atomic E-state index is 12.1. The first kappa shape index (κ1) is 23.0. The fourth-order valence-electron chi connectivity index (χ4n) is 2.19. The van der Waals surface area contributed by atoms with E-state index in [0.29, 0.717) is 17.1 Å². The molecule has 0 bridgehead atoms. The summed E-state index contributed by atoms with van der Waals surface area (Å²) in [5.41, 5.74) is 1.39. The lowest BCUT2D eigenvalue weighted by molar-refractivity contribution is -0.123. The molecule has 8 heteroatoms. The molecule has 0 unspecified atom stereocenters. The van der Waals surface area contributed by atoms with Gasteiger partial charge in [0.25, 0.3) is 0 Å². The monoisotopic (exact) mass is 477 g/mol. The molecule has 3 N–H and O–H groups in total. The number of nitrogens with one attached hydrogen (secondary N) is 3. The second-order valence-corrected chi connectivity index (χ2v) is 9.29. The summed E-state index contributed by atoms with van der Waals surface area (Å²) in [7, 11) is 0. The predicted molar refractivity (Wildman–Crippen MR) is 123 cm³/mol. The number of amides is 3. The van der Waals surface area contributed by atoms with Gasteiger partial charge in [0.15, 0.2) is 0 Å². The Morgan fingerprint density at radius 1 is 0.828 bits per heavy atom. The van der Waals surface area contributed by atoms with Crippen molar-refractivity contribution in [2.75, 3.05) is 27.5 Å². The van der Waals surface area contributed by atoms with Crippen LogP contribution < -0.4 is 16.0 Å². The van der Waals surface area contributed by atoms with Crippen LogP contribution in [-0.2, 0) is 14.4 Å². The van der Waals surface area contributed by atoms with E-state index in [-0.39, 0.29) is 29.2 Å². The van der Waals surface area contributed by atoms with Crippen molar-refractivity contribution in [3.63, 3.8) is 0 Å². The van der Waals surface area contributed by atoms with Crippen molar-refractivity contribution in [2.24, 2.45) is 5.41 Å². The van der Waals surface area contributed by atoms with Gasteiger partial charge in [0.1, 0.15) is 0 Å². The zero-order chi connectivity index (χ0) is 21.4. The maximum absolute atomic E-state index is 12.1. The molecule has 0 saturated carbocycles. The van der Waals surface area contributed by atoms with Crippen LogP contribution in [0.2, 0.25) is 0 Å². The van der Waals surface area contributed by atoms with Crippen LogP contribution >= 0.6 is 27.7 Å². The minimum Gasteiger partial charge on any atom is -0.326 e. The van der Waals surface area contributed by atoms with Crippen molar-refractivity contribution in [3.05, 3.63) is 53.0 Å². The molecule has 0 aromatic heterocycles. The quantitative estimate of drug-likeness (QED) is 0.537. The number of rotatable bonds is 7. The van der Waals surface area contributed by atoms with Crippen LogP contribution in [0, 0.1) is 5.41 Å². The van der Waals surface area contributed by atoms with E-state index in [1.54, 1.807) is 36.4 Å². The van der Waals surface area contributed by atoms with Crippen LogP contribution in [0.5, 0.6) is 0 Å². The average molecular weight is 478 g/mol. The summed E-state index contributed by atoms with van der Waals surface area (Å²) in [4.78, 5) is 36.2. The third kappa shape index (κ3) is 8.29. The highest BCUT2D eigenvalue weighted by molar-refractivity contribution is 9.10. The first-order valence-electron chi connectivity index (χ1n) is 8.98. The Morgan fingerprint density at radius 3 is 1.83 bits per heavy atom. The summed E-state index contributed by atoms with van der Waals surface area (Å²) >= 11 is 4.58. The van der Waals surface area contributed by atoms with Gasteiger partial charge in [-0.1, -0.05) is 48.8 Å². The molecule has 6 nitrogen and oxygen atoms in total. The minimum absolute atomic E-state index is 0.104. The fraction of sp³-hybridized carbons (Fsp3) is 0.286. The summed E-state index contributed by atoms with van der Waals surface area (Å²) in [5.74, 6) is -0.183. The minimum atomic E-state index is -0.508. The van der Waals surface area contributed by atoms with Gasteiger partial charge in [0.05, 0.1) is 11.5 Å². The largest absolute Gasteiger partial charge is 0.326 e. The Bertz CT molecular complexity index is 897. The van der Waals surface area contributed by atoms with E-state index in [1.807, 2.05) is 32.9 Å². The molecule has 0 atom stereocenters. The third-order valence-corrected chi connectivity index (χ3v) is 5.09. The molecule has 0 radical (unpaired) electrons. The normalized spacial score (nSPS) is 10.9. The van der Waals surface area contributed by atoms with Gasteiger partial charge < -0.3 is 16.0 Å². The topological polar surface area (TPSA) is 87.3 Å². The summed E-state index contributed by atoms with van der Waals surface area (Å²) in [5, 5.41) is 8.39. The van der Waals surface area contributed by atoms with E-state index in [0.717, 1.165) is 4.47 Å². The van der Waals surface area contributed by atoms with E-state index < -0.39 is 5.41 Å². The number of carbonyl (C=O) groups is 3. The molecule has 0 aliphatic carbocycles. The van der Waals surface area contributed by atoms with Crippen LogP contribution in [0.25, 0.3) is 0 Å². The van der Waals surface area contributed by atoms with Crippen LogP contribution in [0.1, 0.15) is 20.8 Å². The van der Waals surface area contributed by atoms with Gasteiger partial charge >= 0.3 is 0 Å². The van der Waals surface area contributed by atoms with Crippen LogP contribution in [-0.4, -0.2) is 29.2 Å². The van der Waals surface area contributed by atoms with Gasteiger partial charge in [-0.3, -0.25) is 14.4 Å². The molecule has 0 saturated heterocycles. The second kappa shape index (κ2) is 10.5. The number of hydrogen-bond donors (Lipinski definition) is 3. The lowest BCUT2D eigenvalue weighted by Gasteiger charge is -2.18. The molecule has 154 valence electrons. The Morgan fingerprint density at radius 2 is 1.31 bits per heavy atom. The molecular formula is C21H24BrN3O3S. The van der Waals surface area contributed by atoms with Crippen molar-refractivity contribution in [2.45, 2.75) is 20.8 Å². The standard InChI is InChI=1S/C21H24BrN3O3S/c1-21(2,3)20(28)25-17-9-5-8-16(11-17)24-19(27)13-29-12-18(26)23-15-7-4-6-14(22)10-15/h4-11H,12-13H2,1-3H3,(H,23,26)(H,24,27)(H,25,28). The van der Waals surface area contributed by atoms with Gasteiger partial charge in [-0.25, -0.2) is 0 Å². The van der Waals surface area contributed by atoms with Crippen molar-refractivity contribution in [1.82, 2.24) is 0 Å². The van der Waals surface area contributed by atoms with Crippen LogP contribution in [0.3, 0.4) is 0 Å². The van der Waals surface area contributed by atoms with E-state index in [9.17, 15) is 14.4 Å². The lowest BCUT2D eigenvalue weighted by atomic mass is 9.95. The van der Waals surface area contributed by atoms with E-state index in [2.05, 4.69) is 31.9 Å². The number of hydrogen-bond acceptors (Lipinski definition) is 4. The Balaban J connectivity index is 1.78. The van der Waals surface area contributed by atoms with E-state index in [4.69, 9.17) is 0 Å². The molecular weight excluding hydrogens is 454 g/mol. The highest BCUT2D eigenvalue weighted by Crippen LogP contribution is 2.20. The van der Waals surface area contributed by atoms with Crippen molar-refractivity contribution >= 4 is 62.5 Å². The Labute approximate surface area is 183 Å². The predicted octanol–water partition coefficient (Wildman–Crippen LogP) is 4.74. The average Bonchev–Trinajstić information content (AvgIpc) is 2.61. The second-order valence-electron chi connectivity index (χ2n) is 7.38. The lowest BCUT2D eigenvalue weighted by Crippen LogP contribution is -2.27. The van der Waals surface area contributed by atoms with Gasteiger partial charge in [-0.15, -0.1) is 11.8 Å². The summed E-state index contributed by atoms with van der Waals surface area (Å²) in [6.45, 7) is 5.49. The molecule has 2 aromatic carbocycles. The summed E-state index contributed by atoms with van der Waals surface area (Å²) in [6.07, 6.45) is 0. The Kier molecular flexibility index (Phi) is 8.28. The number of halogens is 1. The molecule has 2 aromatic rings. The van der Waals surface area contributed by atoms with Gasteiger partial charge in [-0.05, 0) is 36.4 Å². The summed E-state index contributed by atoms with van der Waals surface area (Å²) in [6, 6.07) is 14.3. The van der Waals surface area contributed by atoms with E-state index >= 15 is 0 Å². The molecule has 0 aliphatic rings. The fourth-order valence-corrected chi connectivity index (χ4v) is 3.21. The van der Waals surface area contributed by atoms with Gasteiger partial charge in [0.2, 0.25) is 17.7 Å². The molecule has 0 heterocycles. The van der Waals surface area contributed by atoms with Crippen molar-refractivity contribution in [3.8, 4) is 0 Å².